The Kier molecular flexibility index (Phi) is 9.92. The second-order valence-corrected chi connectivity index (χ2v) is 9.61. The molecule has 0 radical (unpaired) electrons. The molecule has 2 unspecified atom stereocenters. The van der Waals surface area contributed by atoms with Crippen molar-refractivity contribution in [3.63, 3.8) is 0 Å². The van der Waals surface area contributed by atoms with Gasteiger partial charge in [-0.3, -0.25) is 0 Å². The van der Waals surface area contributed by atoms with Crippen LogP contribution in [0.2, 0.25) is 0 Å². The maximum Gasteiger partial charge on any atom is 0.197 e. The summed E-state index contributed by atoms with van der Waals surface area (Å²) in [6.45, 7) is 9.78. The largest absolute Gasteiger partial charge is 0.491 e. The van der Waals surface area contributed by atoms with Gasteiger partial charge >= 0.3 is 0 Å². The zero-order valence-electron chi connectivity index (χ0n) is 20.5. The summed E-state index contributed by atoms with van der Waals surface area (Å²) >= 11 is 0. The number of benzene rings is 2. The SMILES string of the molecule is CCC(CC(C)C)c1ccc(OC(C)OCCOc2ccc(C3CCCCC3)cc2)cc1. The van der Waals surface area contributed by atoms with Crippen molar-refractivity contribution >= 4 is 0 Å². The van der Waals surface area contributed by atoms with Crippen LogP contribution in [0.3, 0.4) is 0 Å². The van der Waals surface area contributed by atoms with Gasteiger partial charge in [-0.05, 0) is 85.8 Å². The lowest BCUT2D eigenvalue weighted by atomic mass is 9.84. The molecular formula is C29H42O3. The van der Waals surface area contributed by atoms with E-state index in [1.165, 1.54) is 56.1 Å². The monoisotopic (exact) mass is 438 g/mol. The maximum atomic E-state index is 5.92. The van der Waals surface area contributed by atoms with Crippen LogP contribution in [0.1, 0.15) is 95.6 Å². The van der Waals surface area contributed by atoms with Gasteiger partial charge in [0, 0.05) is 0 Å². The molecule has 3 rings (SSSR count). The van der Waals surface area contributed by atoms with E-state index in [1.54, 1.807) is 0 Å². The van der Waals surface area contributed by atoms with Crippen LogP contribution in [0, 0.1) is 5.92 Å². The van der Waals surface area contributed by atoms with Gasteiger partial charge in [-0.15, -0.1) is 0 Å². The van der Waals surface area contributed by atoms with Crippen LogP contribution in [0.25, 0.3) is 0 Å². The molecule has 1 fully saturated rings. The Balaban J connectivity index is 1.36. The minimum Gasteiger partial charge on any atom is -0.491 e. The fraction of sp³-hybridized carbons (Fsp3) is 0.586. The van der Waals surface area contributed by atoms with Crippen molar-refractivity contribution in [2.75, 3.05) is 13.2 Å². The van der Waals surface area contributed by atoms with Crippen molar-refractivity contribution in [2.24, 2.45) is 5.92 Å². The predicted octanol–water partition coefficient (Wildman–Crippen LogP) is 8.09. The summed E-state index contributed by atoms with van der Waals surface area (Å²) in [4.78, 5) is 0. The summed E-state index contributed by atoms with van der Waals surface area (Å²) in [6, 6.07) is 17.1. The van der Waals surface area contributed by atoms with Crippen LogP contribution in [0.15, 0.2) is 48.5 Å². The van der Waals surface area contributed by atoms with Crippen LogP contribution in [-0.4, -0.2) is 19.5 Å². The number of ether oxygens (including phenoxy) is 3. The average molecular weight is 439 g/mol. The molecule has 0 amide bonds. The van der Waals surface area contributed by atoms with Gasteiger partial charge in [-0.25, -0.2) is 0 Å². The minimum atomic E-state index is -0.309. The van der Waals surface area contributed by atoms with E-state index in [2.05, 4.69) is 69.3 Å². The number of rotatable bonds is 12. The minimum absolute atomic E-state index is 0.309. The number of hydrogen-bond acceptors (Lipinski definition) is 3. The first-order valence-electron chi connectivity index (χ1n) is 12.7. The summed E-state index contributed by atoms with van der Waals surface area (Å²) in [5, 5.41) is 0. The second-order valence-electron chi connectivity index (χ2n) is 9.61. The van der Waals surface area contributed by atoms with Crippen LogP contribution >= 0.6 is 0 Å². The van der Waals surface area contributed by atoms with Crippen molar-refractivity contribution in [2.45, 2.75) is 90.8 Å². The third-order valence-electron chi connectivity index (χ3n) is 6.56. The highest BCUT2D eigenvalue weighted by Crippen LogP contribution is 2.33. The Bertz CT molecular complexity index is 760. The van der Waals surface area contributed by atoms with E-state index in [1.807, 2.05) is 6.92 Å². The molecular weight excluding hydrogens is 396 g/mol. The molecule has 32 heavy (non-hydrogen) atoms. The first-order chi connectivity index (χ1) is 15.5. The summed E-state index contributed by atoms with van der Waals surface area (Å²) in [5.74, 6) is 3.81. The van der Waals surface area contributed by atoms with Gasteiger partial charge in [0.25, 0.3) is 0 Å². The Labute approximate surface area is 195 Å². The van der Waals surface area contributed by atoms with Crippen LogP contribution in [0.5, 0.6) is 11.5 Å². The van der Waals surface area contributed by atoms with Crippen molar-refractivity contribution in [3.05, 3.63) is 59.7 Å². The molecule has 2 aromatic carbocycles. The predicted molar refractivity (Wildman–Crippen MR) is 133 cm³/mol. The lowest BCUT2D eigenvalue weighted by Gasteiger charge is -2.22. The van der Waals surface area contributed by atoms with Gasteiger partial charge in [0.15, 0.2) is 6.29 Å². The zero-order chi connectivity index (χ0) is 22.8. The maximum absolute atomic E-state index is 5.92. The molecule has 0 heterocycles. The molecule has 3 nitrogen and oxygen atoms in total. The van der Waals surface area contributed by atoms with Gasteiger partial charge < -0.3 is 14.2 Å². The molecule has 0 spiro atoms. The molecule has 2 atom stereocenters. The van der Waals surface area contributed by atoms with Gasteiger partial charge in [-0.1, -0.05) is 64.3 Å². The Morgan fingerprint density at radius 3 is 2.09 bits per heavy atom. The molecule has 3 heteroatoms. The van der Waals surface area contributed by atoms with Crippen molar-refractivity contribution in [1.82, 2.24) is 0 Å². The summed E-state index contributed by atoms with van der Waals surface area (Å²) in [5.41, 5.74) is 2.85. The first-order valence-corrected chi connectivity index (χ1v) is 12.7. The molecule has 1 aliphatic rings. The lowest BCUT2D eigenvalue weighted by molar-refractivity contribution is -0.0739. The van der Waals surface area contributed by atoms with Crippen molar-refractivity contribution in [1.29, 1.82) is 0 Å². The van der Waals surface area contributed by atoms with Gasteiger partial charge in [0.2, 0.25) is 0 Å². The smallest absolute Gasteiger partial charge is 0.197 e. The van der Waals surface area contributed by atoms with Crippen LogP contribution < -0.4 is 9.47 Å². The number of hydrogen-bond donors (Lipinski definition) is 0. The second kappa shape index (κ2) is 12.9. The standard InChI is InChI=1S/C29H42O3/c1-5-24(21-22(2)3)26-13-17-29(18-14-26)32-23(4)30-19-20-31-28-15-11-27(12-16-28)25-9-7-6-8-10-25/h11-18,22-25H,5-10,19-21H2,1-4H3. The summed E-state index contributed by atoms with van der Waals surface area (Å²) in [7, 11) is 0. The molecule has 0 saturated heterocycles. The fourth-order valence-electron chi connectivity index (χ4n) is 4.80. The molecule has 0 aromatic heterocycles. The molecule has 176 valence electrons. The van der Waals surface area contributed by atoms with Crippen LogP contribution in [-0.2, 0) is 4.74 Å². The lowest BCUT2D eigenvalue weighted by Crippen LogP contribution is -2.20. The Morgan fingerprint density at radius 2 is 1.47 bits per heavy atom. The molecule has 1 aliphatic carbocycles. The highest BCUT2D eigenvalue weighted by Gasteiger charge is 2.15. The highest BCUT2D eigenvalue weighted by atomic mass is 16.7. The zero-order valence-corrected chi connectivity index (χ0v) is 20.5. The van der Waals surface area contributed by atoms with Crippen molar-refractivity contribution < 1.29 is 14.2 Å². The van der Waals surface area contributed by atoms with Crippen molar-refractivity contribution in [3.8, 4) is 11.5 Å². The summed E-state index contributed by atoms with van der Waals surface area (Å²) in [6.07, 6.45) is 8.85. The first kappa shape index (κ1) is 24.6. The quantitative estimate of drug-likeness (QED) is 0.247. The van der Waals surface area contributed by atoms with E-state index in [9.17, 15) is 0 Å². The van der Waals surface area contributed by atoms with E-state index in [4.69, 9.17) is 14.2 Å². The third kappa shape index (κ3) is 7.85. The summed E-state index contributed by atoms with van der Waals surface area (Å²) < 4.78 is 17.6. The average Bonchev–Trinajstić information content (AvgIpc) is 2.82. The Hall–Kier alpha value is -2.00. The van der Waals surface area contributed by atoms with Gasteiger partial charge in [0.05, 0.1) is 6.61 Å². The third-order valence-corrected chi connectivity index (χ3v) is 6.56. The highest BCUT2D eigenvalue weighted by molar-refractivity contribution is 5.30. The molecule has 1 saturated carbocycles. The van der Waals surface area contributed by atoms with E-state index >= 15 is 0 Å². The molecule has 0 aliphatic heterocycles. The van der Waals surface area contributed by atoms with E-state index in [0.717, 1.165) is 17.4 Å². The normalized spacial score (nSPS) is 16.7. The van der Waals surface area contributed by atoms with Gasteiger partial charge in [-0.2, -0.15) is 0 Å². The molecule has 0 N–H and O–H groups in total. The van der Waals surface area contributed by atoms with Gasteiger partial charge in [0.1, 0.15) is 18.1 Å². The fourth-order valence-corrected chi connectivity index (χ4v) is 4.80. The molecule has 0 bridgehead atoms. The Morgan fingerprint density at radius 1 is 0.812 bits per heavy atom. The van der Waals surface area contributed by atoms with E-state index in [0.29, 0.717) is 25.0 Å². The van der Waals surface area contributed by atoms with Crippen LogP contribution in [0.4, 0.5) is 0 Å². The topological polar surface area (TPSA) is 27.7 Å². The van der Waals surface area contributed by atoms with E-state index in [-0.39, 0.29) is 6.29 Å². The van der Waals surface area contributed by atoms with E-state index < -0.39 is 0 Å². The molecule has 2 aromatic rings.